The number of halogens is 1. The van der Waals surface area contributed by atoms with Gasteiger partial charge in [0.2, 0.25) is 5.88 Å². The third-order valence-corrected chi connectivity index (χ3v) is 6.10. The third kappa shape index (κ3) is 5.23. The Labute approximate surface area is 208 Å². The molecular formula is C26H27ClN6O2. The van der Waals surface area contributed by atoms with Crippen LogP contribution in [0, 0.1) is 6.92 Å². The van der Waals surface area contributed by atoms with Crippen molar-refractivity contribution in [1.29, 1.82) is 0 Å². The molecule has 0 radical (unpaired) electrons. The van der Waals surface area contributed by atoms with Gasteiger partial charge in [0.15, 0.2) is 5.65 Å². The number of anilines is 1. The highest BCUT2D eigenvalue weighted by molar-refractivity contribution is 6.30. The topological polar surface area (TPSA) is 92.6 Å². The van der Waals surface area contributed by atoms with Crippen molar-refractivity contribution < 1.29 is 9.53 Å². The number of benzene rings is 2. The number of carbonyl (C=O) groups is 1. The van der Waals surface area contributed by atoms with E-state index in [2.05, 4.69) is 20.9 Å². The maximum Gasteiger partial charge on any atom is 0.251 e. The van der Waals surface area contributed by atoms with Gasteiger partial charge in [-0.3, -0.25) is 4.79 Å². The summed E-state index contributed by atoms with van der Waals surface area (Å²) in [5.41, 5.74) is 4.79. The molecule has 1 aliphatic carbocycles. The van der Waals surface area contributed by atoms with E-state index < -0.39 is 0 Å². The molecule has 0 bridgehead atoms. The van der Waals surface area contributed by atoms with E-state index in [4.69, 9.17) is 21.4 Å². The third-order valence-electron chi connectivity index (χ3n) is 5.85. The molecule has 0 atom stereocenters. The Bertz CT molecular complexity index is 1360. The summed E-state index contributed by atoms with van der Waals surface area (Å²) >= 11 is 6.01. The van der Waals surface area contributed by atoms with Crippen molar-refractivity contribution in [3.63, 3.8) is 0 Å². The van der Waals surface area contributed by atoms with E-state index in [1.54, 1.807) is 35.0 Å². The summed E-state index contributed by atoms with van der Waals surface area (Å²) in [6.45, 7) is 3.45. The van der Waals surface area contributed by atoms with Crippen molar-refractivity contribution in [2.75, 3.05) is 25.5 Å². The highest BCUT2D eigenvalue weighted by atomic mass is 35.5. The lowest BCUT2D eigenvalue weighted by atomic mass is 10.0. The number of nitrogens with zero attached hydrogens (tertiary/aromatic N) is 3. The lowest BCUT2D eigenvalue weighted by Crippen LogP contribution is -2.26. The lowest BCUT2D eigenvalue weighted by molar-refractivity contribution is 0.0950. The second-order valence-electron chi connectivity index (χ2n) is 8.64. The van der Waals surface area contributed by atoms with Gasteiger partial charge in [0.05, 0.1) is 17.6 Å². The molecule has 1 fully saturated rings. The fraction of sp³-hybridized carbons (Fsp3) is 0.269. The molecular weight excluding hydrogens is 464 g/mol. The first-order valence-corrected chi connectivity index (χ1v) is 12.0. The smallest absolute Gasteiger partial charge is 0.251 e. The van der Waals surface area contributed by atoms with E-state index in [-0.39, 0.29) is 5.91 Å². The SMILES string of the molecule is CNCCNc1cc(Oc2ccc(Cl)cc2)nn2c(-c3ccc(C(=O)NC4CC4)c(C)c3)cnc12. The molecule has 9 heteroatoms. The van der Waals surface area contributed by atoms with Gasteiger partial charge in [0.25, 0.3) is 5.91 Å². The number of carbonyl (C=O) groups excluding carboxylic acids is 1. The van der Waals surface area contributed by atoms with Gasteiger partial charge in [-0.15, -0.1) is 5.10 Å². The van der Waals surface area contributed by atoms with Crippen molar-refractivity contribution >= 4 is 28.8 Å². The fourth-order valence-corrected chi connectivity index (χ4v) is 3.96. The molecule has 0 unspecified atom stereocenters. The summed E-state index contributed by atoms with van der Waals surface area (Å²) < 4.78 is 7.81. The second-order valence-corrected chi connectivity index (χ2v) is 9.08. The van der Waals surface area contributed by atoms with Crippen LogP contribution in [0.1, 0.15) is 28.8 Å². The summed E-state index contributed by atoms with van der Waals surface area (Å²) in [7, 11) is 1.91. The van der Waals surface area contributed by atoms with Crippen LogP contribution in [-0.4, -0.2) is 46.7 Å². The molecule has 4 aromatic rings. The normalized spacial score (nSPS) is 13.1. The Hall–Kier alpha value is -3.62. The van der Waals surface area contributed by atoms with Crippen LogP contribution in [0.2, 0.25) is 5.02 Å². The van der Waals surface area contributed by atoms with Crippen LogP contribution in [0.15, 0.2) is 54.7 Å². The first-order valence-electron chi connectivity index (χ1n) is 11.6. The number of fused-ring (bicyclic) bond motifs is 1. The predicted molar refractivity (Wildman–Crippen MR) is 138 cm³/mol. The summed E-state index contributed by atoms with van der Waals surface area (Å²) in [6.07, 6.45) is 3.90. The van der Waals surface area contributed by atoms with Gasteiger partial charge in [-0.1, -0.05) is 17.7 Å². The molecule has 0 spiro atoms. The largest absolute Gasteiger partial charge is 0.438 e. The molecule has 35 heavy (non-hydrogen) atoms. The molecule has 3 N–H and O–H groups in total. The first-order chi connectivity index (χ1) is 17.0. The van der Waals surface area contributed by atoms with E-state index in [1.165, 1.54) is 0 Å². The number of nitrogens with one attached hydrogen (secondary N) is 3. The van der Waals surface area contributed by atoms with Crippen LogP contribution in [0.3, 0.4) is 0 Å². The Morgan fingerprint density at radius 1 is 1.14 bits per heavy atom. The summed E-state index contributed by atoms with van der Waals surface area (Å²) in [4.78, 5) is 17.2. The van der Waals surface area contributed by atoms with Gasteiger partial charge in [0.1, 0.15) is 5.75 Å². The predicted octanol–water partition coefficient (Wildman–Crippen LogP) is 4.67. The summed E-state index contributed by atoms with van der Waals surface area (Å²) in [5.74, 6) is 1.02. The van der Waals surface area contributed by atoms with E-state index in [0.717, 1.165) is 41.9 Å². The van der Waals surface area contributed by atoms with E-state index >= 15 is 0 Å². The Morgan fingerprint density at radius 3 is 2.66 bits per heavy atom. The molecule has 5 rings (SSSR count). The number of likely N-dealkylation sites (N-methyl/N-ethyl adjacent to an activating group) is 1. The second kappa shape index (κ2) is 9.93. The van der Waals surface area contributed by atoms with Crippen molar-refractivity contribution in [3.05, 3.63) is 70.9 Å². The Morgan fingerprint density at radius 2 is 1.94 bits per heavy atom. The van der Waals surface area contributed by atoms with Crippen LogP contribution in [-0.2, 0) is 0 Å². The monoisotopic (exact) mass is 490 g/mol. The van der Waals surface area contributed by atoms with Crippen LogP contribution < -0.4 is 20.7 Å². The van der Waals surface area contributed by atoms with Crippen molar-refractivity contribution in [2.45, 2.75) is 25.8 Å². The van der Waals surface area contributed by atoms with Gasteiger partial charge in [0, 0.05) is 41.3 Å². The molecule has 2 aromatic carbocycles. The Balaban J connectivity index is 1.51. The zero-order valence-corrected chi connectivity index (χ0v) is 20.4. The van der Waals surface area contributed by atoms with Crippen LogP contribution in [0.5, 0.6) is 11.6 Å². The molecule has 1 amide bonds. The number of aryl methyl sites for hydroxylation is 1. The van der Waals surface area contributed by atoms with E-state index in [1.807, 2.05) is 38.2 Å². The summed E-state index contributed by atoms with van der Waals surface area (Å²) in [5, 5.41) is 14.9. The van der Waals surface area contributed by atoms with E-state index in [0.29, 0.717) is 40.4 Å². The molecule has 2 heterocycles. The van der Waals surface area contributed by atoms with Crippen LogP contribution in [0.25, 0.3) is 16.9 Å². The molecule has 0 saturated heterocycles. The molecule has 0 aliphatic heterocycles. The van der Waals surface area contributed by atoms with Gasteiger partial charge in [-0.05, 0) is 68.8 Å². The summed E-state index contributed by atoms with van der Waals surface area (Å²) in [6, 6.07) is 15.1. The van der Waals surface area contributed by atoms with Crippen molar-refractivity contribution in [1.82, 2.24) is 25.2 Å². The zero-order valence-electron chi connectivity index (χ0n) is 19.6. The maximum atomic E-state index is 12.6. The van der Waals surface area contributed by atoms with Gasteiger partial charge in [-0.25, -0.2) is 9.50 Å². The Kier molecular flexibility index (Phi) is 6.57. The number of aromatic nitrogens is 3. The number of ether oxygens (including phenoxy) is 1. The molecule has 180 valence electrons. The quantitative estimate of drug-likeness (QED) is 0.295. The number of hydrogen-bond donors (Lipinski definition) is 3. The molecule has 8 nitrogen and oxygen atoms in total. The van der Waals surface area contributed by atoms with Gasteiger partial charge >= 0.3 is 0 Å². The molecule has 1 aliphatic rings. The highest BCUT2D eigenvalue weighted by Crippen LogP contribution is 2.30. The minimum Gasteiger partial charge on any atom is -0.438 e. The average molecular weight is 491 g/mol. The van der Waals surface area contributed by atoms with Crippen LogP contribution in [0.4, 0.5) is 5.69 Å². The average Bonchev–Trinajstić information content (AvgIpc) is 3.55. The first kappa shape index (κ1) is 23.1. The van der Waals surface area contributed by atoms with Crippen LogP contribution >= 0.6 is 11.6 Å². The standard InChI is InChI=1S/C26H27ClN6O2/c1-16-13-17(3-10-21(16)26(34)31-19-6-7-19)23-15-30-25-22(29-12-11-28-2)14-24(32-33(23)25)35-20-8-4-18(27)5-9-20/h3-5,8-10,13-15,19,28-29H,6-7,11-12H2,1-2H3,(H,31,34). The van der Waals surface area contributed by atoms with Crippen molar-refractivity contribution in [3.8, 4) is 22.9 Å². The van der Waals surface area contributed by atoms with Crippen molar-refractivity contribution in [2.24, 2.45) is 0 Å². The van der Waals surface area contributed by atoms with Gasteiger partial charge < -0.3 is 20.7 Å². The minimum atomic E-state index is -0.0255. The maximum absolute atomic E-state index is 12.6. The lowest BCUT2D eigenvalue weighted by Gasteiger charge is -2.12. The number of hydrogen-bond acceptors (Lipinski definition) is 6. The molecule has 2 aromatic heterocycles. The van der Waals surface area contributed by atoms with E-state index in [9.17, 15) is 4.79 Å². The van der Waals surface area contributed by atoms with Gasteiger partial charge in [-0.2, -0.15) is 0 Å². The highest BCUT2D eigenvalue weighted by Gasteiger charge is 2.24. The fourth-order valence-electron chi connectivity index (χ4n) is 3.84. The number of amides is 1. The number of imidazole rings is 1. The molecule has 1 saturated carbocycles. The minimum absolute atomic E-state index is 0.0255. The number of rotatable bonds is 9. The zero-order chi connectivity index (χ0) is 24.4.